The second-order valence-corrected chi connectivity index (χ2v) is 7.46. The molecule has 0 bridgehead atoms. The molecule has 96 valence electrons. The molecule has 0 saturated heterocycles. The lowest BCUT2D eigenvalue weighted by Gasteiger charge is -1.99. The van der Waals surface area contributed by atoms with Crippen molar-refractivity contribution in [2.24, 2.45) is 0 Å². The quantitative estimate of drug-likeness (QED) is 0.723. The molecule has 2 nitrogen and oxygen atoms in total. The van der Waals surface area contributed by atoms with Crippen LogP contribution in [0.5, 0.6) is 0 Å². The molecule has 0 N–H and O–H groups in total. The van der Waals surface area contributed by atoms with Gasteiger partial charge < -0.3 is 0 Å². The van der Waals surface area contributed by atoms with Crippen LogP contribution in [0.15, 0.2) is 52.2 Å². The lowest BCUT2D eigenvalue weighted by molar-refractivity contribution is 0.686. The number of nitrogens with zero attached hydrogens (tertiary/aromatic N) is 1. The molecule has 2 heterocycles. The van der Waals surface area contributed by atoms with Crippen molar-refractivity contribution >= 4 is 33.5 Å². The standard InChI is InChI=1S/C14H11NOS3/c1-19(16)14-15-12(11-8-5-9-17-11)13(18-14)10-6-3-2-4-7-10/h2-9H,1H3/t19-/m1/s1. The van der Waals surface area contributed by atoms with Gasteiger partial charge in [0.15, 0.2) is 4.34 Å². The van der Waals surface area contributed by atoms with Gasteiger partial charge in [-0.2, -0.15) is 0 Å². The van der Waals surface area contributed by atoms with Crippen LogP contribution in [0.25, 0.3) is 21.0 Å². The van der Waals surface area contributed by atoms with Gasteiger partial charge in [-0.1, -0.05) is 36.4 Å². The highest BCUT2D eigenvalue weighted by atomic mass is 32.2. The molecule has 2 aromatic heterocycles. The molecule has 1 atom stereocenters. The minimum absolute atomic E-state index is 0.683. The maximum Gasteiger partial charge on any atom is 0.181 e. The van der Waals surface area contributed by atoms with Gasteiger partial charge in [0.25, 0.3) is 0 Å². The van der Waals surface area contributed by atoms with Gasteiger partial charge in [-0.3, -0.25) is 4.21 Å². The van der Waals surface area contributed by atoms with Crippen molar-refractivity contribution in [3.8, 4) is 21.0 Å². The van der Waals surface area contributed by atoms with E-state index in [4.69, 9.17) is 0 Å². The van der Waals surface area contributed by atoms with Crippen LogP contribution in [-0.2, 0) is 10.8 Å². The molecule has 19 heavy (non-hydrogen) atoms. The molecule has 5 heteroatoms. The molecule has 0 spiro atoms. The molecular formula is C14H11NOS3. The van der Waals surface area contributed by atoms with Crippen molar-refractivity contribution in [1.29, 1.82) is 0 Å². The Bertz CT molecular complexity index is 702. The summed E-state index contributed by atoms with van der Waals surface area (Å²) in [5.74, 6) is 0. The fourth-order valence-corrected chi connectivity index (χ4v) is 4.33. The molecule has 0 aliphatic carbocycles. The number of thiazole rings is 1. The third kappa shape index (κ3) is 2.54. The van der Waals surface area contributed by atoms with E-state index in [-0.39, 0.29) is 0 Å². The summed E-state index contributed by atoms with van der Waals surface area (Å²) < 4.78 is 12.4. The molecule has 0 unspecified atom stereocenters. The van der Waals surface area contributed by atoms with Gasteiger partial charge in [0.05, 0.1) is 20.6 Å². The maximum absolute atomic E-state index is 11.7. The Balaban J connectivity index is 2.20. The first-order chi connectivity index (χ1) is 9.25. The topological polar surface area (TPSA) is 30.0 Å². The monoisotopic (exact) mass is 305 g/mol. The van der Waals surface area contributed by atoms with Crippen molar-refractivity contribution in [2.45, 2.75) is 4.34 Å². The molecule has 3 rings (SSSR count). The Labute approximate surface area is 122 Å². The maximum atomic E-state index is 11.7. The second-order valence-electron chi connectivity index (χ2n) is 3.95. The molecule has 0 amide bonds. The summed E-state index contributed by atoms with van der Waals surface area (Å²) in [6.07, 6.45) is 1.67. The minimum atomic E-state index is -1.04. The lowest BCUT2D eigenvalue weighted by Crippen LogP contribution is -1.84. The average molecular weight is 305 g/mol. The number of hydrogen-bond donors (Lipinski definition) is 0. The van der Waals surface area contributed by atoms with Crippen LogP contribution in [0.4, 0.5) is 0 Å². The molecule has 0 saturated carbocycles. The first-order valence-electron chi connectivity index (χ1n) is 5.69. The predicted octanol–water partition coefficient (Wildman–Crippen LogP) is 4.28. The van der Waals surface area contributed by atoms with Crippen molar-refractivity contribution < 1.29 is 4.21 Å². The number of aromatic nitrogens is 1. The van der Waals surface area contributed by atoms with Gasteiger partial charge in [0.1, 0.15) is 5.69 Å². The summed E-state index contributed by atoms with van der Waals surface area (Å²) in [6.45, 7) is 0. The van der Waals surface area contributed by atoms with E-state index < -0.39 is 10.8 Å². The largest absolute Gasteiger partial charge is 0.252 e. The van der Waals surface area contributed by atoms with E-state index in [0.29, 0.717) is 4.34 Å². The Kier molecular flexibility index (Phi) is 3.59. The van der Waals surface area contributed by atoms with E-state index in [9.17, 15) is 4.21 Å². The van der Waals surface area contributed by atoms with Gasteiger partial charge in [0.2, 0.25) is 0 Å². The first-order valence-corrected chi connectivity index (χ1v) is 8.94. The van der Waals surface area contributed by atoms with Gasteiger partial charge in [0, 0.05) is 6.26 Å². The highest BCUT2D eigenvalue weighted by Crippen LogP contribution is 2.39. The number of thiophene rings is 1. The first kappa shape index (κ1) is 12.7. The van der Waals surface area contributed by atoms with Crippen molar-refractivity contribution in [1.82, 2.24) is 4.98 Å². The lowest BCUT2D eigenvalue weighted by atomic mass is 10.1. The number of rotatable bonds is 3. The summed E-state index contributed by atoms with van der Waals surface area (Å²) in [5, 5.41) is 2.03. The van der Waals surface area contributed by atoms with Gasteiger partial charge in [-0.05, 0) is 17.0 Å². The third-order valence-electron chi connectivity index (χ3n) is 2.64. The molecule has 0 aliphatic rings. The zero-order valence-corrected chi connectivity index (χ0v) is 12.6. The summed E-state index contributed by atoms with van der Waals surface area (Å²) in [7, 11) is -1.04. The van der Waals surface area contributed by atoms with Crippen LogP contribution in [0.1, 0.15) is 0 Å². The van der Waals surface area contributed by atoms with Crippen LogP contribution < -0.4 is 0 Å². The zero-order chi connectivity index (χ0) is 13.2. The SMILES string of the molecule is C[S@@](=O)c1nc(-c2cccs2)c(-c2ccccc2)s1. The smallest absolute Gasteiger partial charge is 0.181 e. The van der Waals surface area contributed by atoms with E-state index in [1.165, 1.54) is 11.3 Å². The fourth-order valence-electron chi connectivity index (χ4n) is 1.79. The van der Waals surface area contributed by atoms with E-state index in [1.807, 2.05) is 29.6 Å². The summed E-state index contributed by atoms with van der Waals surface area (Å²) >= 11 is 3.17. The molecule has 0 radical (unpaired) electrons. The second kappa shape index (κ2) is 5.36. The molecule has 0 fully saturated rings. The van der Waals surface area contributed by atoms with Crippen LogP contribution >= 0.6 is 22.7 Å². The van der Waals surface area contributed by atoms with Crippen LogP contribution in [0.2, 0.25) is 0 Å². The molecule has 0 aliphatic heterocycles. The van der Waals surface area contributed by atoms with Crippen molar-refractivity contribution in [3.05, 3.63) is 47.8 Å². The predicted molar refractivity (Wildman–Crippen MR) is 83.2 cm³/mol. The summed E-state index contributed by atoms with van der Waals surface area (Å²) in [6, 6.07) is 14.2. The summed E-state index contributed by atoms with van der Waals surface area (Å²) in [4.78, 5) is 6.77. The van der Waals surface area contributed by atoms with Crippen molar-refractivity contribution in [3.63, 3.8) is 0 Å². The van der Waals surface area contributed by atoms with Gasteiger partial charge >= 0.3 is 0 Å². The molecular weight excluding hydrogens is 294 g/mol. The van der Waals surface area contributed by atoms with Crippen LogP contribution in [0, 0.1) is 0 Å². The highest BCUT2D eigenvalue weighted by Gasteiger charge is 2.16. The van der Waals surface area contributed by atoms with Crippen molar-refractivity contribution in [2.75, 3.05) is 6.26 Å². The fraction of sp³-hybridized carbons (Fsp3) is 0.0714. The van der Waals surface area contributed by atoms with E-state index >= 15 is 0 Å². The van der Waals surface area contributed by atoms with Gasteiger partial charge in [-0.25, -0.2) is 4.98 Å². The van der Waals surface area contributed by atoms with E-state index in [0.717, 1.165) is 21.0 Å². The number of hydrogen-bond acceptors (Lipinski definition) is 4. The average Bonchev–Trinajstić information content (AvgIpc) is 3.08. The zero-order valence-electron chi connectivity index (χ0n) is 10.2. The third-order valence-corrected chi connectivity index (χ3v) is 5.96. The van der Waals surface area contributed by atoms with E-state index in [2.05, 4.69) is 23.2 Å². The van der Waals surface area contributed by atoms with E-state index in [1.54, 1.807) is 17.6 Å². The van der Waals surface area contributed by atoms with Crippen LogP contribution in [0.3, 0.4) is 0 Å². The van der Waals surface area contributed by atoms with Crippen LogP contribution in [-0.4, -0.2) is 15.4 Å². The Morgan fingerprint density at radius 3 is 2.53 bits per heavy atom. The van der Waals surface area contributed by atoms with Gasteiger partial charge in [-0.15, -0.1) is 22.7 Å². The summed E-state index contributed by atoms with van der Waals surface area (Å²) in [5.41, 5.74) is 2.07. The molecule has 3 aromatic rings. The minimum Gasteiger partial charge on any atom is -0.252 e. The highest BCUT2D eigenvalue weighted by molar-refractivity contribution is 7.86. The Morgan fingerprint density at radius 2 is 1.89 bits per heavy atom. The Morgan fingerprint density at radius 1 is 1.11 bits per heavy atom. The Hall–Kier alpha value is -1.30. The number of benzene rings is 1. The normalized spacial score (nSPS) is 12.5. The molecule has 1 aromatic carbocycles.